The Labute approximate surface area is 173 Å². The molecule has 0 saturated carbocycles. The van der Waals surface area contributed by atoms with Gasteiger partial charge in [0.05, 0.1) is 12.1 Å². The fourth-order valence-electron chi connectivity index (χ4n) is 3.43. The molecule has 2 aromatic carbocycles. The number of nitrogens with zero attached hydrogens (tertiary/aromatic N) is 2. The highest BCUT2D eigenvalue weighted by Crippen LogP contribution is 2.26. The Hall–Kier alpha value is -3.18. The van der Waals surface area contributed by atoms with Gasteiger partial charge in [-0.15, -0.1) is 0 Å². The van der Waals surface area contributed by atoms with Gasteiger partial charge in [-0.2, -0.15) is 0 Å². The minimum atomic E-state index is -0.170. The van der Waals surface area contributed by atoms with E-state index in [1.807, 2.05) is 18.2 Å². The molecule has 1 unspecified atom stereocenters. The minimum absolute atomic E-state index is 0.157. The van der Waals surface area contributed by atoms with E-state index in [0.29, 0.717) is 47.0 Å². The molecule has 4 rings (SSSR count). The minimum Gasteiger partial charge on any atom is -0.487 e. The fraction of sp³-hybridized carbons (Fsp3) is 0.174. The Bertz CT molecular complexity index is 1040. The van der Waals surface area contributed by atoms with E-state index in [0.717, 1.165) is 0 Å². The molecule has 29 heavy (non-hydrogen) atoms. The van der Waals surface area contributed by atoms with E-state index in [4.69, 9.17) is 16.3 Å². The topological polar surface area (TPSA) is 59.5 Å². The average molecular weight is 407 g/mol. The number of likely N-dealkylation sites (tertiary alicyclic amines) is 1. The first-order valence-corrected chi connectivity index (χ1v) is 9.75. The van der Waals surface area contributed by atoms with Gasteiger partial charge in [0.25, 0.3) is 5.91 Å². The summed E-state index contributed by atoms with van der Waals surface area (Å²) in [6.07, 6.45) is 3.68. The maximum absolute atomic E-state index is 13.2. The standard InChI is InChI=1S/C23H19ClN2O3/c24-20-14-25-12-10-21(20)29-17-11-13-26(15-17)23(28)19-9-5-4-8-18(19)22(27)16-6-2-1-3-7-16/h1-10,12,14,17H,11,13,15H2. The lowest BCUT2D eigenvalue weighted by atomic mass is 9.97. The molecule has 1 aliphatic heterocycles. The summed E-state index contributed by atoms with van der Waals surface area (Å²) in [5.41, 5.74) is 1.37. The van der Waals surface area contributed by atoms with Crippen LogP contribution in [0.2, 0.25) is 5.02 Å². The van der Waals surface area contributed by atoms with Crippen molar-refractivity contribution in [3.63, 3.8) is 0 Å². The lowest BCUT2D eigenvalue weighted by Crippen LogP contribution is -2.32. The number of halogens is 1. The number of carbonyl (C=O) groups is 2. The lowest BCUT2D eigenvalue weighted by molar-refractivity contribution is 0.0768. The lowest BCUT2D eigenvalue weighted by Gasteiger charge is -2.19. The van der Waals surface area contributed by atoms with E-state index >= 15 is 0 Å². The monoisotopic (exact) mass is 406 g/mol. The second-order valence-corrected chi connectivity index (χ2v) is 7.23. The van der Waals surface area contributed by atoms with Crippen molar-refractivity contribution in [2.45, 2.75) is 12.5 Å². The molecule has 0 bridgehead atoms. The van der Waals surface area contributed by atoms with Gasteiger partial charge in [-0.3, -0.25) is 14.6 Å². The largest absolute Gasteiger partial charge is 0.487 e. The molecule has 1 amide bonds. The van der Waals surface area contributed by atoms with Gasteiger partial charge < -0.3 is 9.64 Å². The van der Waals surface area contributed by atoms with Crippen molar-refractivity contribution >= 4 is 23.3 Å². The van der Waals surface area contributed by atoms with E-state index in [-0.39, 0.29) is 17.8 Å². The summed E-state index contributed by atoms with van der Waals surface area (Å²) in [6.45, 7) is 0.991. The average Bonchev–Trinajstić information content (AvgIpc) is 3.23. The molecule has 0 spiro atoms. The zero-order valence-electron chi connectivity index (χ0n) is 15.6. The van der Waals surface area contributed by atoms with Gasteiger partial charge in [0.2, 0.25) is 0 Å². The van der Waals surface area contributed by atoms with Crippen molar-refractivity contribution in [2.75, 3.05) is 13.1 Å². The number of ketones is 1. The van der Waals surface area contributed by atoms with Crippen LogP contribution in [-0.4, -0.2) is 40.8 Å². The molecule has 1 aromatic heterocycles. The number of hydrogen-bond acceptors (Lipinski definition) is 4. The third kappa shape index (κ3) is 4.15. The molecular weight excluding hydrogens is 388 g/mol. The van der Waals surface area contributed by atoms with Gasteiger partial charge in [0.1, 0.15) is 16.9 Å². The second-order valence-electron chi connectivity index (χ2n) is 6.83. The third-order valence-corrected chi connectivity index (χ3v) is 5.18. The van der Waals surface area contributed by atoms with Crippen molar-refractivity contribution in [3.05, 3.63) is 94.8 Å². The van der Waals surface area contributed by atoms with Crippen LogP contribution in [0.1, 0.15) is 32.7 Å². The molecule has 1 atom stereocenters. The first-order valence-electron chi connectivity index (χ1n) is 9.37. The molecule has 5 nitrogen and oxygen atoms in total. The molecule has 6 heteroatoms. The first-order chi connectivity index (χ1) is 14.1. The van der Waals surface area contributed by atoms with Gasteiger partial charge in [-0.25, -0.2) is 0 Å². The van der Waals surface area contributed by atoms with Crippen molar-refractivity contribution < 1.29 is 14.3 Å². The number of rotatable bonds is 5. The Morgan fingerprint density at radius 1 is 1.00 bits per heavy atom. The normalized spacial score (nSPS) is 15.9. The second kappa shape index (κ2) is 8.45. The molecule has 0 N–H and O–H groups in total. The van der Waals surface area contributed by atoms with Gasteiger partial charge >= 0.3 is 0 Å². The SMILES string of the molecule is O=C(c1ccccc1)c1ccccc1C(=O)N1CCC(Oc2ccncc2Cl)C1. The highest BCUT2D eigenvalue weighted by Gasteiger charge is 2.30. The molecular formula is C23H19ClN2O3. The molecule has 1 fully saturated rings. The first kappa shape index (κ1) is 19.2. The van der Waals surface area contributed by atoms with Gasteiger partial charge in [0.15, 0.2) is 5.78 Å². The van der Waals surface area contributed by atoms with Crippen molar-refractivity contribution in [2.24, 2.45) is 0 Å². The number of aromatic nitrogens is 1. The van der Waals surface area contributed by atoms with E-state index < -0.39 is 0 Å². The summed E-state index contributed by atoms with van der Waals surface area (Å²) in [5.74, 6) is 0.225. The number of amides is 1. The summed E-state index contributed by atoms with van der Waals surface area (Å²) in [5, 5.41) is 0.441. The third-order valence-electron chi connectivity index (χ3n) is 4.90. The van der Waals surface area contributed by atoms with Crippen LogP contribution < -0.4 is 4.74 Å². The molecule has 0 aliphatic carbocycles. The van der Waals surface area contributed by atoms with Crippen LogP contribution in [0.25, 0.3) is 0 Å². The number of pyridine rings is 1. The Morgan fingerprint density at radius 2 is 1.72 bits per heavy atom. The van der Waals surface area contributed by atoms with E-state index in [1.54, 1.807) is 53.6 Å². The molecule has 3 aromatic rings. The smallest absolute Gasteiger partial charge is 0.254 e. The summed E-state index contributed by atoms with van der Waals surface area (Å²) in [7, 11) is 0. The Kier molecular flexibility index (Phi) is 5.58. The quantitative estimate of drug-likeness (QED) is 0.594. The molecule has 146 valence electrons. The predicted octanol–water partition coefficient (Wildman–Crippen LogP) is 4.26. The van der Waals surface area contributed by atoms with Crippen molar-refractivity contribution in [3.8, 4) is 5.75 Å². The van der Waals surface area contributed by atoms with Crippen LogP contribution in [-0.2, 0) is 0 Å². The highest BCUT2D eigenvalue weighted by atomic mass is 35.5. The Morgan fingerprint density at radius 3 is 2.48 bits per heavy atom. The molecule has 0 radical (unpaired) electrons. The predicted molar refractivity (Wildman–Crippen MR) is 111 cm³/mol. The van der Waals surface area contributed by atoms with Crippen LogP contribution >= 0.6 is 11.6 Å². The summed E-state index contributed by atoms with van der Waals surface area (Å²) < 4.78 is 5.94. The van der Waals surface area contributed by atoms with E-state index in [2.05, 4.69) is 4.98 Å². The van der Waals surface area contributed by atoms with Crippen LogP contribution in [0.5, 0.6) is 5.75 Å². The van der Waals surface area contributed by atoms with Crippen LogP contribution in [0.4, 0.5) is 0 Å². The maximum Gasteiger partial charge on any atom is 0.254 e. The summed E-state index contributed by atoms with van der Waals surface area (Å²) in [4.78, 5) is 31.7. The summed E-state index contributed by atoms with van der Waals surface area (Å²) >= 11 is 6.11. The summed E-state index contributed by atoms with van der Waals surface area (Å²) in [6, 6.07) is 17.6. The van der Waals surface area contributed by atoms with E-state index in [1.165, 1.54) is 6.20 Å². The number of benzene rings is 2. The van der Waals surface area contributed by atoms with Gasteiger partial charge in [0, 0.05) is 42.6 Å². The Balaban J connectivity index is 1.51. The maximum atomic E-state index is 13.2. The molecule has 1 saturated heterocycles. The van der Waals surface area contributed by atoms with Crippen LogP contribution in [0, 0.1) is 0 Å². The molecule has 1 aliphatic rings. The van der Waals surface area contributed by atoms with Crippen LogP contribution in [0.15, 0.2) is 73.1 Å². The van der Waals surface area contributed by atoms with E-state index in [9.17, 15) is 9.59 Å². The zero-order chi connectivity index (χ0) is 20.2. The van der Waals surface area contributed by atoms with Crippen LogP contribution in [0.3, 0.4) is 0 Å². The van der Waals surface area contributed by atoms with Gasteiger partial charge in [-0.05, 0) is 6.07 Å². The van der Waals surface area contributed by atoms with Gasteiger partial charge in [-0.1, -0.05) is 60.1 Å². The van der Waals surface area contributed by atoms with Crippen molar-refractivity contribution in [1.29, 1.82) is 0 Å². The van der Waals surface area contributed by atoms with Crippen molar-refractivity contribution in [1.82, 2.24) is 9.88 Å². The number of hydrogen-bond donors (Lipinski definition) is 0. The number of carbonyl (C=O) groups excluding carboxylic acids is 2. The fourth-order valence-corrected chi connectivity index (χ4v) is 3.59. The number of ether oxygens (including phenoxy) is 1. The molecule has 2 heterocycles. The zero-order valence-corrected chi connectivity index (χ0v) is 16.4. The highest BCUT2D eigenvalue weighted by molar-refractivity contribution is 6.31.